The number of alkyl halides is 3. The molecule has 0 spiro atoms. The van der Waals surface area contributed by atoms with Crippen molar-refractivity contribution in [3.8, 4) is 11.4 Å². The summed E-state index contributed by atoms with van der Waals surface area (Å²) >= 11 is 0. The first-order valence-corrected chi connectivity index (χ1v) is 6.87. The molecule has 1 aliphatic heterocycles. The third-order valence-corrected chi connectivity index (χ3v) is 3.61. The van der Waals surface area contributed by atoms with Crippen LogP contribution >= 0.6 is 0 Å². The van der Waals surface area contributed by atoms with Gasteiger partial charge in [-0.3, -0.25) is 5.10 Å². The molecule has 1 aromatic heterocycles. The van der Waals surface area contributed by atoms with Gasteiger partial charge in [-0.1, -0.05) is 18.6 Å². The Balaban J connectivity index is 1.79. The Morgan fingerprint density at radius 3 is 2.48 bits per heavy atom. The van der Waals surface area contributed by atoms with Crippen molar-refractivity contribution in [3.05, 3.63) is 35.7 Å². The van der Waals surface area contributed by atoms with Crippen LogP contribution in [0.5, 0.6) is 0 Å². The van der Waals surface area contributed by atoms with E-state index in [0.29, 0.717) is 11.4 Å². The molecule has 2 N–H and O–H groups in total. The zero-order valence-electron chi connectivity index (χ0n) is 11.2. The van der Waals surface area contributed by atoms with Crippen molar-refractivity contribution in [1.29, 1.82) is 0 Å². The van der Waals surface area contributed by atoms with E-state index in [1.807, 2.05) is 0 Å². The van der Waals surface area contributed by atoms with E-state index in [0.717, 1.165) is 43.8 Å². The second kappa shape index (κ2) is 5.48. The van der Waals surface area contributed by atoms with E-state index < -0.39 is 11.7 Å². The Morgan fingerprint density at radius 2 is 1.86 bits per heavy atom. The Kier molecular flexibility index (Phi) is 3.67. The number of hydrogen-bond acceptors (Lipinski definition) is 3. The maximum Gasteiger partial charge on any atom is 0.416 e. The lowest BCUT2D eigenvalue weighted by Crippen LogP contribution is -2.27. The maximum absolute atomic E-state index is 12.5. The first kappa shape index (κ1) is 14.1. The molecule has 7 heteroatoms. The predicted molar refractivity (Wildman–Crippen MR) is 71.4 cm³/mol. The number of nitrogens with one attached hydrogen (secondary N) is 2. The number of halogens is 3. The zero-order chi connectivity index (χ0) is 14.9. The zero-order valence-corrected chi connectivity index (χ0v) is 11.2. The van der Waals surface area contributed by atoms with Crippen LogP contribution in [0.3, 0.4) is 0 Å². The minimum Gasteiger partial charge on any atom is -0.307 e. The topological polar surface area (TPSA) is 53.6 Å². The Morgan fingerprint density at radius 1 is 1.10 bits per heavy atom. The number of piperidine rings is 1. The van der Waals surface area contributed by atoms with E-state index in [2.05, 4.69) is 20.5 Å². The number of hydrogen-bond donors (Lipinski definition) is 2. The third kappa shape index (κ3) is 3.07. The van der Waals surface area contributed by atoms with Gasteiger partial charge in [0.05, 0.1) is 11.6 Å². The largest absolute Gasteiger partial charge is 0.416 e. The number of aromatic nitrogens is 3. The summed E-state index contributed by atoms with van der Waals surface area (Å²) in [7, 11) is 0. The Bertz CT molecular complexity index is 597. The molecule has 4 nitrogen and oxygen atoms in total. The van der Waals surface area contributed by atoms with Crippen molar-refractivity contribution in [2.75, 3.05) is 6.54 Å². The van der Waals surface area contributed by atoms with E-state index in [-0.39, 0.29) is 6.04 Å². The molecule has 2 aromatic rings. The summed E-state index contributed by atoms with van der Waals surface area (Å²) in [5.41, 5.74) is -0.0998. The van der Waals surface area contributed by atoms with E-state index in [1.54, 1.807) is 0 Å². The van der Waals surface area contributed by atoms with Gasteiger partial charge in [-0.25, -0.2) is 4.98 Å². The Labute approximate surface area is 119 Å². The quantitative estimate of drug-likeness (QED) is 0.894. The molecule has 1 fully saturated rings. The van der Waals surface area contributed by atoms with Crippen LogP contribution in [0, 0.1) is 0 Å². The molecule has 1 atom stereocenters. The van der Waals surface area contributed by atoms with Gasteiger partial charge in [-0.2, -0.15) is 18.3 Å². The van der Waals surface area contributed by atoms with Gasteiger partial charge >= 0.3 is 6.18 Å². The fourth-order valence-electron chi connectivity index (χ4n) is 2.45. The molecule has 0 saturated carbocycles. The SMILES string of the molecule is FC(F)(F)c1ccc(-c2n[nH]c(C3CCCCN3)n2)cc1. The average molecular weight is 296 g/mol. The van der Waals surface area contributed by atoms with Gasteiger partial charge in [0.2, 0.25) is 0 Å². The number of benzene rings is 1. The first-order chi connectivity index (χ1) is 10.0. The van der Waals surface area contributed by atoms with Crippen molar-refractivity contribution < 1.29 is 13.2 Å². The van der Waals surface area contributed by atoms with E-state index in [9.17, 15) is 13.2 Å². The smallest absolute Gasteiger partial charge is 0.307 e. The Hall–Kier alpha value is -1.89. The number of rotatable bonds is 2. The standard InChI is InChI=1S/C14H15F3N4/c15-14(16,17)10-6-4-9(5-7-10)12-19-13(21-20-12)11-3-1-2-8-18-11/h4-7,11,18H,1-3,8H2,(H,19,20,21). The summed E-state index contributed by atoms with van der Waals surface area (Å²) in [4.78, 5) is 4.39. The van der Waals surface area contributed by atoms with Gasteiger partial charge in [0, 0.05) is 5.56 Å². The minimum atomic E-state index is -4.32. The highest BCUT2D eigenvalue weighted by atomic mass is 19.4. The van der Waals surface area contributed by atoms with Crippen LogP contribution in [-0.4, -0.2) is 21.7 Å². The monoisotopic (exact) mass is 296 g/mol. The van der Waals surface area contributed by atoms with Crippen molar-refractivity contribution in [2.45, 2.75) is 31.5 Å². The minimum absolute atomic E-state index is 0.148. The molecule has 0 bridgehead atoms. The van der Waals surface area contributed by atoms with E-state index in [4.69, 9.17) is 0 Å². The summed E-state index contributed by atoms with van der Waals surface area (Å²) in [6.45, 7) is 0.945. The molecule has 1 aromatic carbocycles. The lowest BCUT2D eigenvalue weighted by atomic mass is 10.0. The summed E-state index contributed by atoms with van der Waals surface area (Å²) in [5.74, 6) is 1.16. The summed E-state index contributed by atoms with van der Waals surface area (Å²) in [6, 6.07) is 5.03. The second-order valence-corrected chi connectivity index (χ2v) is 5.12. The summed E-state index contributed by atoms with van der Waals surface area (Å²) < 4.78 is 37.6. The van der Waals surface area contributed by atoms with Crippen LogP contribution in [0.1, 0.15) is 36.7 Å². The van der Waals surface area contributed by atoms with Gasteiger partial charge in [0.1, 0.15) is 5.82 Å². The van der Waals surface area contributed by atoms with Gasteiger partial charge in [0.15, 0.2) is 5.82 Å². The van der Waals surface area contributed by atoms with Crippen LogP contribution in [0.2, 0.25) is 0 Å². The molecule has 1 aliphatic rings. The predicted octanol–water partition coefficient (Wildman–Crippen LogP) is 3.31. The maximum atomic E-state index is 12.5. The second-order valence-electron chi connectivity index (χ2n) is 5.12. The average Bonchev–Trinajstić information content (AvgIpc) is 2.97. The molecule has 0 aliphatic carbocycles. The highest BCUT2D eigenvalue weighted by molar-refractivity contribution is 5.55. The molecule has 2 heterocycles. The number of H-pyrrole nitrogens is 1. The van der Waals surface area contributed by atoms with Gasteiger partial charge < -0.3 is 5.32 Å². The molecule has 112 valence electrons. The van der Waals surface area contributed by atoms with Crippen molar-refractivity contribution >= 4 is 0 Å². The summed E-state index contributed by atoms with van der Waals surface area (Å²) in [6.07, 6.45) is -1.05. The molecule has 1 saturated heterocycles. The molecule has 0 amide bonds. The van der Waals surface area contributed by atoms with Gasteiger partial charge in [-0.05, 0) is 31.5 Å². The van der Waals surface area contributed by atoms with E-state index in [1.165, 1.54) is 12.1 Å². The van der Waals surface area contributed by atoms with Crippen LogP contribution < -0.4 is 5.32 Å². The van der Waals surface area contributed by atoms with Crippen molar-refractivity contribution in [1.82, 2.24) is 20.5 Å². The number of nitrogens with zero attached hydrogens (tertiary/aromatic N) is 2. The molecule has 3 rings (SSSR count). The third-order valence-electron chi connectivity index (χ3n) is 3.61. The van der Waals surface area contributed by atoms with Gasteiger partial charge in [0.25, 0.3) is 0 Å². The highest BCUT2D eigenvalue weighted by Gasteiger charge is 2.30. The molecule has 1 unspecified atom stereocenters. The lowest BCUT2D eigenvalue weighted by Gasteiger charge is -2.20. The fraction of sp³-hybridized carbons (Fsp3) is 0.429. The van der Waals surface area contributed by atoms with Gasteiger partial charge in [-0.15, -0.1) is 0 Å². The normalized spacial score (nSPS) is 19.7. The van der Waals surface area contributed by atoms with Crippen LogP contribution in [0.15, 0.2) is 24.3 Å². The van der Waals surface area contributed by atoms with E-state index >= 15 is 0 Å². The molecular weight excluding hydrogens is 281 g/mol. The highest BCUT2D eigenvalue weighted by Crippen LogP contribution is 2.30. The molecule has 0 radical (unpaired) electrons. The van der Waals surface area contributed by atoms with Crippen LogP contribution in [0.25, 0.3) is 11.4 Å². The molecule has 21 heavy (non-hydrogen) atoms. The van der Waals surface area contributed by atoms with Crippen LogP contribution in [-0.2, 0) is 6.18 Å². The first-order valence-electron chi connectivity index (χ1n) is 6.87. The van der Waals surface area contributed by atoms with Crippen LogP contribution in [0.4, 0.5) is 13.2 Å². The fourth-order valence-corrected chi connectivity index (χ4v) is 2.45. The van der Waals surface area contributed by atoms with Crippen molar-refractivity contribution in [3.63, 3.8) is 0 Å². The molecular formula is C14H15F3N4. The van der Waals surface area contributed by atoms with Crippen molar-refractivity contribution in [2.24, 2.45) is 0 Å². The summed E-state index contributed by atoms with van der Waals surface area (Å²) in [5, 5.41) is 10.3. The number of aromatic amines is 1. The lowest BCUT2D eigenvalue weighted by molar-refractivity contribution is -0.137.